The Bertz CT molecular complexity index is 501. The summed E-state index contributed by atoms with van der Waals surface area (Å²) in [4.78, 5) is 4.26. The largest absolute Gasteiger partial charge is 0.387 e. The molecule has 0 fully saturated rings. The molecule has 0 saturated carbocycles. The number of aliphatic hydroxyl groups is 1. The number of benzene rings is 1. The van der Waals surface area contributed by atoms with Crippen LogP contribution in [-0.2, 0) is 0 Å². The zero-order valence-electron chi connectivity index (χ0n) is 8.94. The van der Waals surface area contributed by atoms with Crippen LogP contribution in [0.3, 0.4) is 0 Å². The average molecular weight is 237 g/mol. The lowest BCUT2D eigenvalue weighted by atomic mass is 10.1. The Kier molecular flexibility index (Phi) is 3.39. The van der Waals surface area contributed by atoms with Gasteiger partial charge in [0.25, 0.3) is 0 Å². The molecule has 4 heteroatoms. The molecule has 3 nitrogen and oxygen atoms in total. The van der Waals surface area contributed by atoms with Crippen LogP contribution < -0.4 is 5.32 Å². The Balaban J connectivity index is 2.49. The second-order valence-corrected chi connectivity index (χ2v) is 3.99. The van der Waals surface area contributed by atoms with Gasteiger partial charge in [0.15, 0.2) is 0 Å². The van der Waals surface area contributed by atoms with Crippen LogP contribution in [0.4, 0.5) is 0 Å². The van der Waals surface area contributed by atoms with Crippen molar-refractivity contribution in [2.75, 3.05) is 13.6 Å². The smallest absolute Gasteiger partial charge is 0.135 e. The quantitative estimate of drug-likeness (QED) is 0.803. The van der Waals surface area contributed by atoms with E-state index < -0.39 is 6.10 Å². The monoisotopic (exact) mass is 236 g/mol. The number of nitrogens with one attached hydrogen (secondary N) is 1. The molecule has 16 heavy (non-hydrogen) atoms. The molecule has 1 heterocycles. The van der Waals surface area contributed by atoms with E-state index in [-0.39, 0.29) is 0 Å². The number of nitrogens with zero attached hydrogens (tertiary/aromatic N) is 1. The summed E-state index contributed by atoms with van der Waals surface area (Å²) < 4.78 is 0. The first-order chi connectivity index (χ1) is 7.72. The van der Waals surface area contributed by atoms with E-state index in [9.17, 15) is 5.11 Å². The lowest BCUT2D eigenvalue weighted by Gasteiger charge is -2.12. The maximum atomic E-state index is 9.87. The number of hydrogen-bond donors (Lipinski definition) is 2. The molecule has 0 aliphatic carbocycles. The number of pyridine rings is 1. The summed E-state index contributed by atoms with van der Waals surface area (Å²) in [6.45, 7) is 0.458. The average Bonchev–Trinajstić information content (AvgIpc) is 2.28. The lowest BCUT2D eigenvalue weighted by molar-refractivity contribution is 0.177. The number of aromatic nitrogens is 1. The predicted molar refractivity (Wildman–Crippen MR) is 65.6 cm³/mol. The van der Waals surface area contributed by atoms with E-state index in [2.05, 4.69) is 10.3 Å². The molecule has 0 bridgehead atoms. The first kappa shape index (κ1) is 11.3. The molecule has 0 radical (unpaired) electrons. The van der Waals surface area contributed by atoms with Crippen molar-refractivity contribution in [2.45, 2.75) is 6.10 Å². The molecule has 2 aromatic rings. The third-order valence-corrected chi connectivity index (χ3v) is 2.76. The van der Waals surface area contributed by atoms with Crippen LogP contribution in [-0.4, -0.2) is 23.7 Å². The maximum Gasteiger partial charge on any atom is 0.135 e. The summed E-state index contributed by atoms with van der Waals surface area (Å²) >= 11 is 6.03. The van der Waals surface area contributed by atoms with E-state index in [1.165, 1.54) is 0 Å². The number of para-hydroxylation sites is 1. The Hall–Kier alpha value is -1.16. The van der Waals surface area contributed by atoms with Gasteiger partial charge >= 0.3 is 0 Å². The third kappa shape index (κ3) is 2.16. The minimum absolute atomic E-state index is 0.362. The maximum absolute atomic E-state index is 9.87. The fourth-order valence-electron chi connectivity index (χ4n) is 1.65. The highest BCUT2D eigenvalue weighted by molar-refractivity contribution is 6.30. The number of fused-ring (bicyclic) bond motifs is 1. The van der Waals surface area contributed by atoms with Gasteiger partial charge in [-0.05, 0) is 19.2 Å². The van der Waals surface area contributed by atoms with Gasteiger partial charge in [0.05, 0.1) is 11.6 Å². The van der Waals surface area contributed by atoms with Gasteiger partial charge in [-0.3, -0.25) is 0 Å². The molecule has 0 spiro atoms. The van der Waals surface area contributed by atoms with Crippen molar-refractivity contribution in [3.05, 3.63) is 41.0 Å². The van der Waals surface area contributed by atoms with Crippen LogP contribution >= 0.6 is 11.6 Å². The summed E-state index contributed by atoms with van der Waals surface area (Å²) in [5.74, 6) is 0. The predicted octanol–water partition coefficient (Wildman–Crippen LogP) is 2.14. The second kappa shape index (κ2) is 4.78. The molecule has 1 aromatic carbocycles. The van der Waals surface area contributed by atoms with Crippen molar-refractivity contribution in [3.8, 4) is 0 Å². The van der Waals surface area contributed by atoms with Gasteiger partial charge in [0, 0.05) is 17.5 Å². The highest BCUT2D eigenvalue weighted by atomic mass is 35.5. The number of hydrogen-bond acceptors (Lipinski definition) is 3. The van der Waals surface area contributed by atoms with Gasteiger partial charge in [-0.1, -0.05) is 29.8 Å². The highest BCUT2D eigenvalue weighted by Crippen LogP contribution is 2.25. The van der Waals surface area contributed by atoms with Crippen molar-refractivity contribution in [3.63, 3.8) is 0 Å². The SMILES string of the molecule is CNCC(O)c1cc2ccccc2nc1Cl. The van der Waals surface area contributed by atoms with Crippen LogP contribution in [0, 0.1) is 0 Å². The zero-order chi connectivity index (χ0) is 11.5. The number of likely N-dealkylation sites (N-methyl/N-ethyl adjacent to an activating group) is 1. The minimum Gasteiger partial charge on any atom is -0.387 e. The second-order valence-electron chi connectivity index (χ2n) is 3.63. The highest BCUT2D eigenvalue weighted by Gasteiger charge is 2.12. The molecule has 0 saturated heterocycles. The van der Waals surface area contributed by atoms with Gasteiger partial charge in [-0.25, -0.2) is 4.98 Å². The molecule has 84 valence electrons. The van der Waals surface area contributed by atoms with Crippen molar-refractivity contribution < 1.29 is 5.11 Å². The molecular weight excluding hydrogens is 224 g/mol. The molecule has 1 aromatic heterocycles. The molecule has 1 atom stereocenters. The van der Waals surface area contributed by atoms with Gasteiger partial charge < -0.3 is 10.4 Å². The molecule has 1 unspecified atom stereocenters. The fourth-order valence-corrected chi connectivity index (χ4v) is 1.92. The Morgan fingerprint density at radius 2 is 2.19 bits per heavy atom. The minimum atomic E-state index is -0.630. The molecule has 0 aliphatic heterocycles. The van der Waals surface area contributed by atoms with Crippen molar-refractivity contribution in [2.24, 2.45) is 0 Å². The summed E-state index contributed by atoms with van der Waals surface area (Å²) in [5.41, 5.74) is 1.50. The van der Waals surface area contributed by atoms with E-state index in [0.717, 1.165) is 10.9 Å². The van der Waals surface area contributed by atoms with Crippen LogP contribution in [0.25, 0.3) is 10.9 Å². The van der Waals surface area contributed by atoms with Crippen LogP contribution in [0.2, 0.25) is 5.15 Å². The van der Waals surface area contributed by atoms with Gasteiger partial charge in [0.1, 0.15) is 5.15 Å². The first-order valence-corrected chi connectivity index (χ1v) is 5.48. The number of halogens is 1. The molecule has 0 aliphatic rings. The summed E-state index contributed by atoms with van der Waals surface area (Å²) in [5, 5.41) is 14.1. The van der Waals surface area contributed by atoms with Crippen LogP contribution in [0.15, 0.2) is 30.3 Å². The van der Waals surface area contributed by atoms with E-state index in [4.69, 9.17) is 11.6 Å². The van der Waals surface area contributed by atoms with Crippen molar-refractivity contribution >= 4 is 22.5 Å². The fraction of sp³-hybridized carbons (Fsp3) is 0.250. The summed E-state index contributed by atoms with van der Waals surface area (Å²) in [6.07, 6.45) is -0.630. The topological polar surface area (TPSA) is 45.1 Å². The van der Waals surface area contributed by atoms with Gasteiger partial charge in [-0.15, -0.1) is 0 Å². The molecule has 2 rings (SSSR count). The summed E-state index contributed by atoms with van der Waals surface area (Å²) in [6, 6.07) is 9.58. The Labute approximate surface area is 99.1 Å². The van der Waals surface area contributed by atoms with Crippen molar-refractivity contribution in [1.29, 1.82) is 0 Å². The van der Waals surface area contributed by atoms with Crippen LogP contribution in [0.5, 0.6) is 0 Å². The first-order valence-electron chi connectivity index (χ1n) is 5.10. The molecular formula is C12H13ClN2O. The standard InChI is InChI=1S/C12H13ClN2O/c1-14-7-11(16)9-6-8-4-2-3-5-10(8)15-12(9)13/h2-6,11,14,16H,7H2,1H3. The lowest BCUT2D eigenvalue weighted by Crippen LogP contribution is -2.17. The normalized spacial score (nSPS) is 12.9. The molecule has 0 amide bonds. The molecule has 2 N–H and O–H groups in total. The van der Waals surface area contributed by atoms with E-state index in [0.29, 0.717) is 17.3 Å². The van der Waals surface area contributed by atoms with Crippen LogP contribution in [0.1, 0.15) is 11.7 Å². The Morgan fingerprint density at radius 1 is 1.44 bits per heavy atom. The number of aliphatic hydroxyl groups excluding tert-OH is 1. The van der Waals surface area contributed by atoms with Crippen molar-refractivity contribution in [1.82, 2.24) is 10.3 Å². The van der Waals surface area contributed by atoms with Gasteiger partial charge in [0.2, 0.25) is 0 Å². The van der Waals surface area contributed by atoms with E-state index >= 15 is 0 Å². The summed E-state index contributed by atoms with van der Waals surface area (Å²) in [7, 11) is 1.78. The number of rotatable bonds is 3. The Morgan fingerprint density at radius 3 is 2.94 bits per heavy atom. The van der Waals surface area contributed by atoms with E-state index in [1.807, 2.05) is 30.3 Å². The zero-order valence-corrected chi connectivity index (χ0v) is 9.70. The third-order valence-electron chi connectivity index (χ3n) is 2.46. The van der Waals surface area contributed by atoms with Gasteiger partial charge in [-0.2, -0.15) is 0 Å². The van der Waals surface area contributed by atoms with E-state index in [1.54, 1.807) is 7.05 Å².